The van der Waals surface area contributed by atoms with Gasteiger partial charge in [0.15, 0.2) is 0 Å². The summed E-state index contributed by atoms with van der Waals surface area (Å²) >= 11 is 0. The Balaban J connectivity index is 2.52. The van der Waals surface area contributed by atoms with Crippen LogP contribution in [-0.4, -0.2) is 15.8 Å². The molecule has 12 heavy (non-hydrogen) atoms. The number of aromatic nitrogens is 2. The number of rotatable bonds is 4. The average molecular weight is 167 g/mol. The summed E-state index contributed by atoms with van der Waals surface area (Å²) in [6.45, 7) is 7.37. The van der Waals surface area contributed by atoms with E-state index in [0.29, 0.717) is 6.04 Å². The number of aryl methyl sites for hydroxylation is 1. The van der Waals surface area contributed by atoms with Crippen molar-refractivity contribution in [2.24, 2.45) is 0 Å². The van der Waals surface area contributed by atoms with Gasteiger partial charge in [0, 0.05) is 24.8 Å². The molecule has 1 N–H and O–H groups in total. The van der Waals surface area contributed by atoms with E-state index in [1.54, 1.807) is 0 Å². The Labute approximate surface area is 73.8 Å². The Hall–Kier alpha value is -0.990. The first-order valence-electron chi connectivity index (χ1n) is 4.52. The van der Waals surface area contributed by atoms with Crippen LogP contribution in [0.15, 0.2) is 12.3 Å². The maximum absolute atomic E-state index is 4.35. The third-order valence-electron chi connectivity index (χ3n) is 1.53. The van der Waals surface area contributed by atoms with Crippen molar-refractivity contribution in [2.75, 3.05) is 5.32 Å². The number of nitrogens with zero attached hydrogens (tertiary/aromatic N) is 2. The quantitative estimate of drug-likeness (QED) is 0.744. The highest BCUT2D eigenvalue weighted by atomic mass is 15.3. The lowest BCUT2D eigenvalue weighted by Gasteiger charge is -2.05. The fraction of sp³-hybridized carbons (Fsp3) is 0.667. The zero-order valence-corrected chi connectivity index (χ0v) is 8.04. The summed E-state index contributed by atoms with van der Waals surface area (Å²) in [5.74, 6) is 0.971. The monoisotopic (exact) mass is 167 g/mol. The fourth-order valence-electron chi connectivity index (χ4n) is 1.09. The maximum Gasteiger partial charge on any atom is 0.148 e. The molecule has 3 nitrogen and oxygen atoms in total. The van der Waals surface area contributed by atoms with Crippen molar-refractivity contribution in [1.82, 2.24) is 9.78 Å². The van der Waals surface area contributed by atoms with Gasteiger partial charge in [-0.3, -0.25) is 4.68 Å². The van der Waals surface area contributed by atoms with Crippen LogP contribution < -0.4 is 5.32 Å². The predicted molar refractivity (Wildman–Crippen MR) is 51.3 cm³/mol. The zero-order chi connectivity index (χ0) is 8.97. The number of hydrogen-bond donors (Lipinski definition) is 1. The van der Waals surface area contributed by atoms with E-state index in [4.69, 9.17) is 0 Å². The Kier molecular flexibility index (Phi) is 3.14. The zero-order valence-electron chi connectivity index (χ0n) is 8.04. The van der Waals surface area contributed by atoms with E-state index in [0.717, 1.165) is 18.8 Å². The summed E-state index contributed by atoms with van der Waals surface area (Å²) in [6, 6.07) is 2.46. The second kappa shape index (κ2) is 4.14. The van der Waals surface area contributed by atoms with Gasteiger partial charge in [0.05, 0.1) is 0 Å². The molecular weight excluding hydrogens is 150 g/mol. The van der Waals surface area contributed by atoms with E-state index in [1.165, 1.54) is 0 Å². The summed E-state index contributed by atoms with van der Waals surface area (Å²) in [6.07, 6.45) is 3.14. The molecule has 0 atom stereocenters. The standard InChI is InChI=1S/C9H17N3/c1-4-6-12-7-5-9(11-12)10-8(2)3/h5,7-8H,4,6H2,1-3H3,(H,10,11). The normalized spacial score (nSPS) is 10.7. The number of nitrogens with one attached hydrogen (secondary N) is 1. The molecule has 1 heterocycles. The van der Waals surface area contributed by atoms with Crippen molar-refractivity contribution in [2.45, 2.75) is 39.8 Å². The van der Waals surface area contributed by atoms with Gasteiger partial charge in [0.25, 0.3) is 0 Å². The topological polar surface area (TPSA) is 29.9 Å². The first-order chi connectivity index (χ1) is 5.72. The van der Waals surface area contributed by atoms with E-state index in [2.05, 4.69) is 31.2 Å². The average Bonchev–Trinajstić information content (AvgIpc) is 2.36. The third-order valence-corrected chi connectivity index (χ3v) is 1.53. The minimum atomic E-state index is 0.454. The highest BCUT2D eigenvalue weighted by Gasteiger charge is 1.98. The second-order valence-corrected chi connectivity index (χ2v) is 3.26. The van der Waals surface area contributed by atoms with Gasteiger partial charge in [0.1, 0.15) is 5.82 Å². The van der Waals surface area contributed by atoms with E-state index >= 15 is 0 Å². The molecule has 0 saturated carbocycles. The molecule has 1 aromatic rings. The minimum Gasteiger partial charge on any atom is -0.366 e. The first-order valence-corrected chi connectivity index (χ1v) is 4.52. The summed E-state index contributed by atoms with van der Waals surface area (Å²) < 4.78 is 1.96. The van der Waals surface area contributed by atoms with Crippen molar-refractivity contribution in [3.8, 4) is 0 Å². The minimum absolute atomic E-state index is 0.454. The molecule has 68 valence electrons. The van der Waals surface area contributed by atoms with Crippen LogP contribution in [0.3, 0.4) is 0 Å². The van der Waals surface area contributed by atoms with Gasteiger partial charge < -0.3 is 5.32 Å². The molecule has 0 aromatic carbocycles. The molecule has 3 heteroatoms. The van der Waals surface area contributed by atoms with Crippen LogP contribution in [0.4, 0.5) is 5.82 Å². The molecule has 0 fully saturated rings. The lowest BCUT2D eigenvalue weighted by atomic mass is 10.4. The van der Waals surface area contributed by atoms with Gasteiger partial charge in [-0.25, -0.2) is 0 Å². The molecular formula is C9H17N3. The van der Waals surface area contributed by atoms with Crippen molar-refractivity contribution in [1.29, 1.82) is 0 Å². The van der Waals surface area contributed by atoms with Crippen molar-refractivity contribution >= 4 is 5.82 Å². The second-order valence-electron chi connectivity index (χ2n) is 3.26. The van der Waals surface area contributed by atoms with Crippen LogP contribution in [0.5, 0.6) is 0 Å². The molecule has 0 spiro atoms. The molecule has 0 bridgehead atoms. The molecule has 0 amide bonds. The fourth-order valence-corrected chi connectivity index (χ4v) is 1.09. The summed E-state index contributed by atoms with van der Waals surface area (Å²) in [4.78, 5) is 0. The number of anilines is 1. The molecule has 0 saturated heterocycles. The van der Waals surface area contributed by atoms with E-state index < -0.39 is 0 Å². The largest absolute Gasteiger partial charge is 0.366 e. The molecule has 1 aromatic heterocycles. The predicted octanol–water partition coefficient (Wildman–Crippen LogP) is 2.11. The Bertz CT molecular complexity index is 227. The van der Waals surface area contributed by atoms with Gasteiger partial charge in [-0.1, -0.05) is 6.92 Å². The van der Waals surface area contributed by atoms with Gasteiger partial charge in [-0.05, 0) is 20.3 Å². The lowest BCUT2D eigenvalue weighted by Crippen LogP contribution is -2.10. The Morgan fingerprint density at radius 2 is 2.33 bits per heavy atom. The highest BCUT2D eigenvalue weighted by Crippen LogP contribution is 2.04. The molecule has 0 radical (unpaired) electrons. The molecule has 0 aliphatic heterocycles. The van der Waals surface area contributed by atoms with Crippen molar-refractivity contribution in [3.05, 3.63) is 12.3 Å². The lowest BCUT2D eigenvalue weighted by molar-refractivity contribution is 0.603. The van der Waals surface area contributed by atoms with E-state index in [1.807, 2.05) is 16.9 Å². The van der Waals surface area contributed by atoms with Crippen LogP contribution in [-0.2, 0) is 6.54 Å². The van der Waals surface area contributed by atoms with E-state index in [-0.39, 0.29) is 0 Å². The smallest absolute Gasteiger partial charge is 0.148 e. The van der Waals surface area contributed by atoms with Crippen LogP contribution >= 0.6 is 0 Å². The number of hydrogen-bond acceptors (Lipinski definition) is 2. The summed E-state index contributed by atoms with van der Waals surface area (Å²) in [7, 11) is 0. The maximum atomic E-state index is 4.35. The van der Waals surface area contributed by atoms with Crippen molar-refractivity contribution in [3.63, 3.8) is 0 Å². The Morgan fingerprint density at radius 1 is 1.58 bits per heavy atom. The van der Waals surface area contributed by atoms with Crippen LogP contribution in [0, 0.1) is 0 Å². The summed E-state index contributed by atoms with van der Waals surface area (Å²) in [5.41, 5.74) is 0. The van der Waals surface area contributed by atoms with Gasteiger partial charge in [-0.15, -0.1) is 0 Å². The first kappa shape index (κ1) is 9.10. The molecule has 0 aliphatic rings. The van der Waals surface area contributed by atoms with Crippen LogP contribution in [0.25, 0.3) is 0 Å². The molecule has 0 unspecified atom stereocenters. The van der Waals surface area contributed by atoms with Crippen LogP contribution in [0.2, 0.25) is 0 Å². The van der Waals surface area contributed by atoms with Gasteiger partial charge in [-0.2, -0.15) is 5.10 Å². The van der Waals surface area contributed by atoms with Gasteiger partial charge in [0.2, 0.25) is 0 Å². The molecule has 1 rings (SSSR count). The third kappa shape index (κ3) is 2.57. The van der Waals surface area contributed by atoms with Crippen molar-refractivity contribution < 1.29 is 0 Å². The molecule has 0 aliphatic carbocycles. The Morgan fingerprint density at radius 3 is 2.92 bits per heavy atom. The van der Waals surface area contributed by atoms with E-state index in [9.17, 15) is 0 Å². The van der Waals surface area contributed by atoms with Crippen LogP contribution in [0.1, 0.15) is 27.2 Å². The van der Waals surface area contributed by atoms with Gasteiger partial charge >= 0.3 is 0 Å². The highest BCUT2D eigenvalue weighted by molar-refractivity contribution is 5.32. The SMILES string of the molecule is CCCn1ccc(NC(C)C)n1. The summed E-state index contributed by atoms with van der Waals surface area (Å²) in [5, 5.41) is 7.60.